The maximum Gasteiger partial charge on any atom is 0.306 e. The zero-order valence-corrected chi connectivity index (χ0v) is 43.1. The van der Waals surface area contributed by atoms with E-state index in [-0.39, 0.29) is 50.1 Å². The van der Waals surface area contributed by atoms with Crippen LogP contribution in [0, 0.1) is 11.8 Å². The van der Waals surface area contributed by atoms with Crippen LogP contribution in [-0.4, -0.2) is 98.2 Å². The van der Waals surface area contributed by atoms with Crippen molar-refractivity contribution in [3.63, 3.8) is 0 Å². The minimum Gasteiger partial charge on any atom is -0.756 e. The van der Waals surface area contributed by atoms with E-state index in [1.54, 1.807) is 6.08 Å². The van der Waals surface area contributed by atoms with Gasteiger partial charge in [0.05, 0.1) is 40.0 Å². The van der Waals surface area contributed by atoms with Crippen LogP contribution in [0.2, 0.25) is 0 Å². The Kier molecular flexibility index (Phi) is 37.0. The van der Waals surface area contributed by atoms with Gasteiger partial charge >= 0.3 is 11.9 Å². The van der Waals surface area contributed by atoms with Crippen molar-refractivity contribution < 1.29 is 57.1 Å². The number of esters is 2. The summed E-state index contributed by atoms with van der Waals surface area (Å²) in [5, 5.41) is 20.8. The van der Waals surface area contributed by atoms with Gasteiger partial charge in [0.15, 0.2) is 6.10 Å². The molecule has 1 rings (SSSR count). The average Bonchev–Trinajstić information content (AvgIpc) is 3.52. The predicted molar refractivity (Wildman–Crippen MR) is 260 cm³/mol. The largest absolute Gasteiger partial charge is 0.756 e. The molecule has 65 heavy (non-hydrogen) atoms. The molecule has 0 bridgehead atoms. The Morgan fingerprint density at radius 1 is 0.692 bits per heavy atom. The number of likely N-dealkylation sites (N-methyl/N-ethyl adjacent to an activating group) is 1. The first-order chi connectivity index (χ1) is 31.2. The van der Waals surface area contributed by atoms with Crippen LogP contribution in [0.25, 0.3) is 0 Å². The number of nitrogens with zero attached hydrogens (tertiary/aromatic N) is 1. The molecule has 1 aliphatic carbocycles. The average molecular weight is 944 g/mol. The zero-order chi connectivity index (χ0) is 48.0. The Balaban J connectivity index is 2.34. The van der Waals surface area contributed by atoms with E-state index in [1.807, 2.05) is 27.2 Å². The first kappa shape index (κ1) is 61.4. The van der Waals surface area contributed by atoms with E-state index >= 15 is 0 Å². The molecule has 0 aliphatic heterocycles. The van der Waals surface area contributed by atoms with Crippen LogP contribution in [0.1, 0.15) is 226 Å². The predicted octanol–water partition coefficient (Wildman–Crippen LogP) is 11.7. The highest BCUT2D eigenvalue weighted by molar-refractivity contribution is 7.45. The highest BCUT2D eigenvalue weighted by atomic mass is 31.2. The number of quaternary nitrogens is 1. The van der Waals surface area contributed by atoms with Gasteiger partial charge in [-0.3, -0.25) is 18.9 Å². The lowest BCUT2D eigenvalue weighted by atomic mass is 9.88. The summed E-state index contributed by atoms with van der Waals surface area (Å²) >= 11 is 0. The fourth-order valence-corrected chi connectivity index (χ4v) is 9.22. The van der Waals surface area contributed by atoms with Crippen LogP contribution in [0.15, 0.2) is 12.2 Å². The monoisotopic (exact) mass is 944 g/mol. The van der Waals surface area contributed by atoms with Gasteiger partial charge in [-0.15, -0.1) is 0 Å². The molecule has 12 nitrogen and oxygen atoms in total. The van der Waals surface area contributed by atoms with Gasteiger partial charge < -0.3 is 38.1 Å². The zero-order valence-electron chi connectivity index (χ0n) is 42.2. The Bertz CT molecular complexity index is 1270. The second-order valence-electron chi connectivity index (χ2n) is 20.0. The molecule has 0 radical (unpaired) electrons. The molecule has 0 amide bonds. The van der Waals surface area contributed by atoms with Gasteiger partial charge in [-0.2, -0.15) is 0 Å². The van der Waals surface area contributed by atoms with Crippen LogP contribution in [-0.2, 0) is 37.5 Å². The molecular weight excluding hydrogens is 846 g/mol. The Morgan fingerprint density at radius 3 is 1.66 bits per heavy atom. The molecule has 1 unspecified atom stereocenters. The second kappa shape index (κ2) is 39.2. The van der Waals surface area contributed by atoms with Gasteiger partial charge in [0.1, 0.15) is 25.5 Å². The number of rotatable bonds is 45. The van der Waals surface area contributed by atoms with E-state index in [4.69, 9.17) is 18.5 Å². The Morgan fingerprint density at radius 2 is 1.15 bits per heavy atom. The van der Waals surface area contributed by atoms with Crippen molar-refractivity contribution >= 4 is 25.5 Å². The summed E-state index contributed by atoms with van der Waals surface area (Å²) in [5.74, 6) is -1.50. The van der Waals surface area contributed by atoms with Gasteiger partial charge in [-0.25, -0.2) is 0 Å². The number of hydrogen-bond donors (Lipinski definition) is 2. The molecule has 13 heteroatoms. The molecular formula is C52H98NO11P. The van der Waals surface area contributed by atoms with Crippen molar-refractivity contribution in [2.24, 2.45) is 11.8 Å². The number of ketones is 1. The summed E-state index contributed by atoms with van der Waals surface area (Å²) in [5.41, 5.74) is 0. The number of carbonyl (C=O) groups excluding carboxylic acids is 3. The standard InChI is InChI=1S/C52H98NO11P/c1-6-8-10-11-12-13-14-15-16-17-18-19-20-21-22-23-24-25-26-27-33-37-52(58)64-46(44-63-65(59,60)62-41-40-53(3,4)5)43-61-51(57)36-32-29-28-31-35-47-48(50(56)42-49(47)55)39-38-45(54)34-30-9-7-2/h38-39,45-48,50,54,56H,6-37,40-44H2,1-5H3/b39-38+/t45-,46+,47+,48+,50+/m0/s1. The topological polar surface area (TPSA) is 169 Å². The highest BCUT2D eigenvalue weighted by Crippen LogP contribution is 2.38. The first-order valence-electron chi connectivity index (χ1n) is 26.5. The smallest absolute Gasteiger partial charge is 0.306 e. The Labute approximate surface area is 396 Å². The number of phosphoric acid groups is 1. The third-order valence-corrected chi connectivity index (χ3v) is 13.6. The van der Waals surface area contributed by atoms with E-state index in [9.17, 15) is 34.1 Å². The van der Waals surface area contributed by atoms with E-state index < -0.39 is 44.7 Å². The number of ether oxygens (including phenoxy) is 2. The lowest BCUT2D eigenvalue weighted by molar-refractivity contribution is -0.870. The molecule has 0 aromatic rings. The summed E-state index contributed by atoms with van der Waals surface area (Å²) in [6.07, 6.45) is 35.6. The number of Topliss-reactive ketones (excluding diaryl/α,β-unsaturated/α-hetero) is 1. The van der Waals surface area contributed by atoms with Gasteiger partial charge in [-0.1, -0.05) is 193 Å². The fourth-order valence-electron chi connectivity index (χ4n) is 8.49. The second-order valence-corrected chi connectivity index (χ2v) is 21.4. The van der Waals surface area contributed by atoms with Crippen molar-refractivity contribution in [1.82, 2.24) is 0 Å². The molecule has 382 valence electrons. The number of aliphatic hydroxyl groups is 2. The Hall–Kier alpha value is -1.66. The number of aliphatic hydroxyl groups excluding tert-OH is 2. The van der Waals surface area contributed by atoms with Crippen molar-refractivity contribution in [3.8, 4) is 0 Å². The molecule has 1 aliphatic rings. The van der Waals surface area contributed by atoms with Gasteiger partial charge in [-0.05, 0) is 25.7 Å². The quantitative estimate of drug-likeness (QED) is 0.0196. The van der Waals surface area contributed by atoms with E-state index in [2.05, 4.69) is 13.8 Å². The van der Waals surface area contributed by atoms with Crippen molar-refractivity contribution in [2.45, 2.75) is 244 Å². The lowest BCUT2D eigenvalue weighted by Crippen LogP contribution is -2.37. The minimum atomic E-state index is -4.69. The van der Waals surface area contributed by atoms with Crippen LogP contribution in [0.3, 0.4) is 0 Å². The summed E-state index contributed by atoms with van der Waals surface area (Å²) in [6, 6.07) is 0. The molecule has 1 saturated carbocycles. The molecule has 2 N–H and O–H groups in total. The first-order valence-corrected chi connectivity index (χ1v) is 28.0. The van der Waals surface area contributed by atoms with Gasteiger partial charge in [0.25, 0.3) is 7.82 Å². The summed E-state index contributed by atoms with van der Waals surface area (Å²) in [4.78, 5) is 50.6. The fraction of sp³-hybridized carbons (Fsp3) is 0.904. The highest BCUT2D eigenvalue weighted by Gasteiger charge is 2.39. The third kappa shape index (κ3) is 36.1. The minimum absolute atomic E-state index is 0.0513. The van der Waals surface area contributed by atoms with Crippen LogP contribution in [0.4, 0.5) is 0 Å². The van der Waals surface area contributed by atoms with E-state index in [1.165, 1.54) is 109 Å². The van der Waals surface area contributed by atoms with E-state index in [0.717, 1.165) is 57.8 Å². The maximum absolute atomic E-state index is 12.8. The normalized spacial score (nSPS) is 18.6. The number of carbonyl (C=O) groups is 3. The summed E-state index contributed by atoms with van der Waals surface area (Å²) < 4.78 is 34.0. The van der Waals surface area contributed by atoms with Gasteiger partial charge in [0.2, 0.25) is 0 Å². The third-order valence-electron chi connectivity index (χ3n) is 12.7. The van der Waals surface area contributed by atoms with Crippen molar-refractivity contribution in [1.29, 1.82) is 0 Å². The van der Waals surface area contributed by atoms with Crippen LogP contribution >= 0.6 is 7.82 Å². The van der Waals surface area contributed by atoms with Crippen molar-refractivity contribution in [3.05, 3.63) is 12.2 Å². The van der Waals surface area contributed by atoms with Gasteiger partial charge in [0, 0.05) is 31.1 Å². The SMILES string of the molecule is CCCCCCCCCCCCCCCCCCCCCCCC(=O)O[C@H](COC(=O)CCCCCC[C@H]1C(=O)C[C@@H](O)[C@@H]1/C=C/[C@@H](O)CCCCC)COP(=O)([O-])OCC[N+](C)(C)C. The summed E-state index contributed by atoms with van der Waals surface area (Å²) in [6.45, 7) is 3.90. The number of hydrogen-bond acceptors (Lipinski definition) is 11. The van der Waals surface area contributed by atoms with E-state index in [0.29, 0.717) is 36.7 Å². The number of phosphoric ester groups is 1. The molecule has 0 aromatic carbocycles. The van der Waals surface area contributed by atoms with Crippen LogP contribution < -0.4 is 4.89 Å². The molecule has 1 fully saturated rings. The molecule has 0 spiro atoms. The lowest BCUT2D eigenvalue weighted by Gasteiger charge is -2.28. The molecule has 0 aromatic heterocycles. The van der Waals surface area contributed by atoms with Crippen LogP contribution in [0.5, 0.6) is 0 Å². The molecule has 0 heterocycles. The maximum atomic E-state index is 12.8. The number of unbranched alkanes of at least 4 members (excludes halogenated alkanes) is 25. The molecule has 0 saturated heterocycles. The van der Waals surface area contributed by atoms with Crippen molar-refractivity contribution in [2.75, 3.05) is 47.5 Å². The summed E-state index contributed by atoms with van der Waals surface area (Å²) in [7, 11) is 1.05. The molecule has 6 atom stereocenters.